The first-order valence-corrected chi connectivity index (χ1v) is 7.31. The molecule has 1 aliphatic carbocycles. The first-order valence-electron chi connectivity index (χ1n) is 7.31. The van der Waals surface area contributed by atoms with Crippen LogP contribution in [0.15, 0.2) is 12.2 Å². The molecule has 1 saturated carbocycles. The molecule has 114 valence electrons. The standard InChI is InChI=1S/C16H26O4/c1-11(2)10-13(12-8-6-5-7-9-12)14(15(17)19-3)16(18)20-4/h12-14H,1,5-10H2,2-4H3. The summed E-state index contributed by atoms with van der Waals surface area (Å²) in [6.07, 6.45) is 6.33. The summed E-state index contributed by atoms with van der Waals surface area (Å²) in [4.78, 5) is 24.1. The smallest absolute Gasteiger partial charge is 0.320 e. The van der Waals surface area contributed by atoms with E-state index in [0.717, 1.165) is 31.3 Å². The molecule has 1 rings (SSSR count). The lowest BCUT2D eigenvalue weighted by molar-refractivity contribution is -0.163. The number of ether oxygens (including phenoxy) is 2. The van der Waals surface area contributed by atoms with Crippen LogP contribution in [0.5, 0.6) is 0 Å². The van der Waals surface area contributed by atoms with Gasteiger partial charge in [0.1, 0.15) is 0 Å². The molecular formula is C16H26O4. The van der Waals surface area contributed by atoms with Crippen molar-refractivity contribution in [2.75, 3.05) is 14.2 Å². The van der Waals surface area contributed by atoms with Gasteiger partial charge in [-0.15, -0.1) is 6.58 Å². The zero-order valence-corrected chi connectivity index (χ0v) is 12.8. The molecule has 1 atom stereocenters. The fourth-order valence-electron chi connectivity index (χ4n) is 3.22. The first kappa shape index (κ1) is 16.7. The Morgan fingerprint density at radius 3 is 2.00 bits per heavy atom. The van der Waals surface area contributed by atoms with Gasteiger partial charge in [0.15, 0.2) is 5.92 Å². The minimum Gasteiger partial charge on any atom is -0.468 e. The van der Waals surface area contributed by atoms with E-state index in [1.807, 2.05) is 6.92 Å². The quantitative estimate of drug-likeness (QED) is 0.427. The van der Waals surface area contributed by atoms with Gasteiger partial charge in [-0.1, -0.05) is 37.7 Å². The van der Waals surface area contributed by atoms with E-state index in [2.05, 4.69) is 6.58 Å². The van der Waals surface area contributed by atoms with Crippen molar-refractivity contribution in [2.24, 2.45) is 17.8 Å². The van der Waals surface area contributed by atoms with Crippen molar-refractivity contribution in [1.29, 1.82) is 0 Å². The molecule has 0 heterocycles. The van der Waals surface area contributed by atoms with Gasteiger partial charge in [-0.2, -0.15) is 0 Å². The predicted octanol–water partition coefficient (Wildman–Crippen LogP) is 3.11. The van der Waals surface area contributed by atoms with Gasteiger partial charge >= 0.3 is 11.9 Å². The van der Waals surface area contributed by atoms with Crippen molar-refractivity contribution < 1.29 is 19.1 Å². The Morgan fingerprint density at radius 2 is 1.60 bits per heavy atom. The summed E-state index contributed by atoms with van der Waals surface area (Å²) < 4.78 is 9.64. The molecule has 1 unspecified atom stereocenters. The van der Waals surface area contributed by atoms with Crippen LogP contribution >= 0.6 is 0 Å². The van der Waals surface area contributed by atoms with Crippen LogP contribution in [0.25, 0.3) is 0 Å². The second-order valence-electron chi connectivity index (χ2n) is 5.75. The number of carbonyl (C=O) groups is 2. The number of methoxy groups -OCH3 is 2. The molecule has 0 aliphatic heterocycles. The van der Waals surface area contributed by atoms with Crippen LogP contribution in [0.2, 0.25) is 0 Å². The molecular weight excluding hydrogens is 256 g/mol. The third-order valence-electron chi connectivity index (χ3n) is 4.18. The lowest BCUT2D eigenvalue weighted by Crippen LogP contribution is -2.38. The minimum absolute atomic E-state index is 0.0623. The van der Waals surface area contributed by atoms with E-state index in [9.17, 15) is 9.59 Å². The highest BCUT2D eigenvalue weighted by Crippen LogP contribution is 2.38. The lowest BCUT2D eigenvalue weighted by atomic mass is 9.71. The number of hydrogen-bond acceptors (Lipinski definition) is 4. The van der Waals surface area contributed by atoms with Crippen molar-refractivity contribution >= 4 is 11.9 Å². The Labute approximate surface area is 121 Å². The molecule has 4 heteroatoms. The van der Waals surface area contributed by atoms with Gasteiger partial charge in [0.25, 0.3) is 0 Å². The fraction of sp³-hybridized carbons (Fsp3) is 0.750. The van der Waals surface area contributed by atoms with Gasteiger partial charge in [0.05, 0.1) is 14.2 Å². The molecule has 0 spiro atoms. The summed E-state index contributed by atoms with van der Waals surface area (Å²) in [6, 6.07) is 0. The van der Waals surface area contributed by atoms with E-state index in [1.165, 1.54) is 20.6 Å². The molecule has 4 nitrogen and oxygen atoms in total. The second-order valence-corrected chi connectivity index (χ2v) is 5.75. The van der Waals surface area contributed by atoms with Gasteiger partial charge in [-0.25, -0.2) is 0 Å². The molecule has 0 bridgehead atoms. The predicted molar refractivity (Wildman–Crippen MR) is 77.0 cm³/mol. The summed E-state index contributed by atoms with van der Waals surface area (Å²) in [5.41, 5.74) is 0.985. The normalized spacial score (nSPS) is 17.6. The Morgan fingerprint density at radius 1 is 1.10 bits per heavy atom. The second kappa shape index (κ2) is 8.08. The highest BCUT2D eigenvalue weighted by Gasteiger charge is 2.41. The number of esters is 2. The van der Waals surface area contributed by atoms with Crippen LogP contribution in [0, 0.1) is 17.8 Å². The molecule has 1 aliphatic rings. The SMILES string of the molecule is C=C(C)CC(C1CCCCC1)C(C(=O)OC)C(=O)OC. The van der Waals surface area contributed by atoms with Gasteiger partial charge in [-0.05, 0) is 25.2 Å². The highest BCUT2D eigenvalue weighted by atomic mass is 16.5. The Balaban J connectivity index is 2.99. The summed E-state index contributed by atoms with van der Waals surface area (Å²) in [7, 11) is 2.63. The first-order chi connectivity index (χ1) is 9.51. The number of hydrogen-bond donors (Lipinski definition) is 0. The minimum atomic E-state index is -0.829. The third-order valence-corrected chi connectivity index (χ3v) is 4.18. The number of allylic oxidation sites excluding steroid dienone is 1. The van der Waals surface area contributed by atoms with Crippen molar-refractivity contribution in [3.8, 4) is 0 Å². The van der Waals surface area contributed by atoms with Gasteiger partial charge in [0, 0.05) is 0 Å². The van der Waals surface area contributed by atoms with Crippen molar-refractivity contribution in [3.05, 3.63) is 12.2 Å². The van der Waals surface area contributed by atoms with E-state index >= 15 is 0 Å². The molecule has 0 saturated heterocycles. The maximum absolute atomic E-state index is 12.0. The zero-order valence-electron chi connectivity index (χ0n) is 12.8. The average Bonchev–Trinajstić information content (AvgIpc) is 2.46. The Kier molecular flexibility index (Phi) is 6.76. The number of rotatable bonds is 6. The zero-order chi connectivity index (χ0) is 15.1. The topological polar surface area (TPSA) is 52.6 Å². The van der Waals surface area contributed by atoms with Gasteiger partial charge < -0.3 is 9.47 Å². The third kappa shape index (κ3) is 4.36. The van der Waals surface area contributed by atoms with Crippen LogP contribution in [-0.2, 0) is 19.1 Å². The van der Waals surface area contributed by atoms with Crippen LogP contribution in [0.4, 0.5) is 0 Å². The van der Waals surface area contributed by atoms with Gasteiger partial charge in [0.2, 0.25) is 0 Å². The molecule has 0 N–H and O–H groups in total. The molecule has 20 heavy (non-hydrogen) atoms. The highest BCUT2D eigenvalue weighted by molar-refractivity contribution is 5.95. The van der Waals surface area contributed by atoms with E-state index in [4.69, 9.17) is 9.47 Å². The largest absolute Gasteiger partial charge is 0.468 e. The van der Waals surface area contributed by atoms with E-state index in [1.54, 1.807) is 0 Å². The van der Waals surface area contributed by atoms with E-state index < -0.39 is 17.9 Å². The molecule has 0 radical (unpaired) electrons. The van der Waals surface area contributed by atoms with E-state index in [0.29, 0.717) is 12.3 Å². The molecule has 0 aromatic carbocycles. The average molecular weight is 282 g/mol. The van der Waals surface area contributed by atoms with E-state index in [-0.39, 0.29) is 5.92 Å². The monoisotopic (exact) mass is 282 g/mol. The Bertz CT molecular complexity index is 339. The summed E-state index contributed by atoms with van der Waals surface area (Å²) in [6.45, 7) is 5.87. The number of carbonyl (C=O) groups excluding carboxylic acids is 2. The van der Waals surface area contributed by atoms with Crippen LogP contribution in [0.1, 0.15) is 45.4 Å². The maximum Gasteiger partial charge on any atom is 0.320 e. The molecule has 0 aromatic rings. The van der Waals surface area contributed by atoms with Crippen molar-refractivity contribution in [1.82, 2.24) is 0 Å². The van der Waals surface area contributed by atoms with Crippen LogP contribution < -0.4 is 0 Å². The van der Waals surface area contributed by atoms with Gasteiger partial charge in [-0.3, -0.25) is 9.59 Å². The summed E-state index contributed by atoms with van der Waals surface area (Å²) in [5.74, 6) is -1.51. The van der Waals surface area contributed by atoms with Crippen LogP contribution in [-0.4, -0.2) is 26.2 Å². The molecule has 1 fully saturated rings. The lowest BCUT2D eigenvalue weighted by Gasteiger charge is -2.33. The molecule has 0 aromatic heterocycles. The van der Waals surface area contributed by atoms with Crippen LogP contribution in [0.3, 0.4) is 0 Å². The Hall–Kier alpha value is -1.32. The van der Waals surface area contributed by atoms with Crippen molar-refractivity contribution in [2.45, 2.75) is 45.4 Å². The molecule has 0 amide bonds. The van der Waals surface area contributed by atoms with Crippen molar-refractivity contribution in [3.63, 3.8) is 0 Å². The maximum atomic E-state index is 12.0. The summed E-state index contributed by atoms with van der Waals surface area (Å²) in [5, 5.41) is 0. The fourth-order valence-corrected chi connectivity index (χ4v) is 3.22. The summed E-state index contributed by atoms with van der Waals surface area (Å²) >= 11 is 0.